The van der Waals surface area contributed by atoms with E-state index >= 15 is 0 Å². The van der Waals surface area contributed by atoms with Gasteiger partial charge in [-0.05, 0) is 6.07 Å². The molecule has 0 spiro atoms. The van der Waals surface area contributed by atoms with Gasteiger partial charge in [-0.15, -0.1) is 0 Å². The summed E-state index contributed by atoms with van der Waals surface area (Å²) in [7, 11) is 1.38. The summed E-state index contributed by atoms with van der Waals surface area (Å²) >= 11 is 0. The number of carbonyl (C=O) groups is 4. The summed E-state index contributed by atoms with van der Waals surface area (Å²) in [4.78, 5) is 43.8. The summed E-state index contributed by atoms with van der Waals surface area (Å²) in [6.07, 6.45) is 3.01. The van der Waals surface area contributed by atoms with E-state index < -0.39 is 23.8 Å². The molecule has 0 unspecified atom stereocenters. The molecular formula is C15H14N2O7. The van der Waals surface area contributed by atoms with E-state index in [1.807, 2.05) is 0 Å². The number of benzene rings is 1. The first-order valence-electron chi connectivity index (χ1n) is 6.43. The van der Waals surface area contributed by atoms with Crippen LogP contribution in [0.5, 0.6) is 5.75 Å². The number of amides is 2. The van der Waals surface area contributed by atoms with Crippen molar-refractivity contribution in [1.29, 1.82) is 0 Å². The van der Waals surface area contributed by atoms with Crippen LogP contribution in [0.2, 0.25) is 0 Å². The maximum atomic E-state index is 11.6. The van der Waals surface area contributed by atoms with Crippen molar-refractivity contribution in [2.75, 3.05) is 17.7 Å². The van der Waals surface area contributed by atoms with Crippen LogP contribution in [0, 0.1) is 0 Å². The topological polar surface area (TPSA) is 142 Å². The number of ether oxygens (including phenoxy) is 1. The summed E-state index contributed by atoms with van der Waals surface area (Å²) in [5.41, 5.74) is 0.485. The van der Waals surface area contributed by atoms with E-state index in [2.05, 4.69) is 10.6 Å². The van der Waals surface area contributed by atoms with Gasteiger partial charge in [0.05, 0.1) is 7.11 Å². The van der Waals surface area contributed by atoms with Gasteiger partial charge in [0.25, 0.3) is 0 Å². The molecule has 0 saturated carbocycles. The molecule has 0 aromatic heterocycles. The van der Waals surface area contributed by atoms with E-state index in [-0.39, 0.29) is 11.4 Å². The molecule has 126 valence electrons. The van der Waals surface area contributed by atoms with E-state index in [1.165, 1.54) is 25.3 Å². The highest BCUT2D eigenvalue weighted by Crippen LogP contribution is 2.24. The molecule has 0 fully saturated rings. The number of anilines is 2. The van der Waals surface area contributed by atoms with Crippen LogP contribution in [0.3, 0.4) is 0 Å². The largest absolute Gasteiger partial charge is 0.497 e. The maximum absolute atomic E-state index is 11.6. The van der Waals surface area contributed by atoms with Crippen LogP contribution < -0.4 is 15.4 Å². The van der Waals surface area contributed by atoms with Crippen molar-refractivity contribution < 1.29 is 34.1 Å². The van der Waals surface area contributed by atoms with Crippen LogP contribution in [0.1, 0.15) is 0 Å². The van der Waals surface area contributed by atoms with E-state index in [4.69, 9.17) is 14.9 Å². The monoisotopic (exact) mass is 334 g/mol. The lowest BCUT2D eigenvalue weighted by Crippen LogP contribution is -2.11. The molecular weight excluding hydrogens is 320 g/mol. The summed E-state index contributed by atoms with van der Waals surface area (Å²) in [6, 6.07) is 4.30. The molecule has 9 heteroatoms. The third-order valence-electron chi connectivity index (χ3n) is 2.43. The Hall–Kier alpha value is -3.62. The molecule has 0 bridgehead atoms. The van der Waals surface area contributed by atoms with Crippen molar-refractivity contribution in [1.82, 2.24) is 0 Å². The number of carbonyl (C=O) groups excluding carboxylic acids is 2. The van der Waals surface area contributed by atoms with Gasteiger partial charge in [0.2, 0.25) is 11.8 Å². The zero-order valence-corrected chi connectivity index (χ0v) is 12.5. The smallest absolute Gasteiger partial charge is 0.328 e. The van der Waals surface area contributed by atoms with Crippen LogP contribution in [-0.4, -0.2) is 41.1 Å². The van der Waals surface area contributed by atoms with Gasteiger partial charge in [0, 0.05) is 47.8 Å². The standard InChI is InChI=1S/C15H14N2O7/c1-24-11-7-9(16-12(18)2-4-14(20)21)6-10(8-11)17-13(19)3-5-15(22)23/h2-8H,1H3,(H,16,18)(H,17,19)(H,20,21)(H,22,23). The molecule has 0 radical (unpaired) electrons. The molecule has 24 heavy (non-hydrogen) atoms. The quantitative estimate of drug-likeness (QED) is 0.541. The van der Waals surface area contributed by atoms with Gasteiger partial charge in [-0.2, -0.15) is 0 Å². The highest BCUT2D eigenvalue weighted by molar-refractivity contribution is 6.04. The Balaban J connectivity index is 2.91. The number of methoxy groups -OCH3 is 1. The van der Waals surface area contributed by atoms with E-state index in [0.29, 0.717) is 17.9 Å². The Bertz CT molecular complexity index is 666. The average molecular weight is 334 g/mol. The highest BCUT2D eigenvalue weighted by Gasteiger charge is 2.06. The highest BCUT2D eigenvalue weighted by atomic mass is 16.5. The van der Waals surface area contributed by atoms with Gasteiger partial charge < -0.3 is 25.6 Å². The van der Waals surface area contributed by atoms with Gasteiger partial charge >= 0.3 is 11.9 Å². The number of carboxylic acid groups (broad SMARTS) is 2. The first-order valence-corrected chi connectivity index (χ1v) is 6.43. The first kappa shape index (κ1) is 18.4. The molecule has 2 amide bonds. The third-order valence-corrected chi connectivity index (χ3v) is 2.43. The molecule has 1 aromatic carbocycles. The molecule has 9 nitrogen and oxygen atoms in total. The van der Waals surface area contributed by atoms with Gasteiger partial charge in [0.1, 0.15) is 5.75 Å². The summed E-state index contributed by atoms with van der Waals surface area (Å²) in [6.45, 7) is 0. The third kappa shape index (κ3) is 6.89. The van der Waals surface area contributed by atoms with Crippen molar-refractivity contribution in [3.8, 4) is 5.75 Å². The molecule has 1 aromatic rings. The summed E-state index contributed by atoms with van der Waals surface area (Å²) < 4.78 is 5.03. The van der Waals surface area contributed by atoms with Crippen molar-refractivity contribution >= 4 is 35.1 Å². The summed E-state index contributed by atoms with van der Waals surface area (Å²) in [5, 5.41) is 21.7. The maximum Gasteiger partial charge on any atom is 0.328 e. The fourth-order valence-electron chi connectivity index (χ4n) is 1.52. The molecule has 0 heterocycles. The Labute approximate surface area is 136 Å². The summed E-state index contributed by atoms with van der Waals surface area (Å²) in [5.74, 6) is -3.60. The molecule has 1 rings (SSSR count). The molecule has 0 aliphatic heterocycles. The lowest BCUT2D eigenvalue weighted by Gasteiger charge is -2.10. The second-order valence-corrected chi connectivity index (χ2v) is 4.27. The van der Waals surface area contributed by atoms with Crippen LogP contribution in [0.15, 0.2) is 42.5 Å². The Morgan fingerprint density at radius 2 is 1.25 bits per heavy atom. The second kappa shape index (κ2) is 8.73. The minimum atomic E-state index is -1.27. The fraction of sp³-hybridized carbons (Fsp3) is 0.0667. The van der Waals surface area contributed by atoms with Crippen molar-refractivity contribution in [2.24, 2.45) is 0 Å². The second-order valence-electron chi connectivity index (χ2n) is 4.27. The number of hydrogen-bond acceptors (Lipinski definition) is 5. The van der Waals surface area contributed by atoms with Crippen molar-refractivity contribution in [2.45, 2.75) is 0 Å². The van der Waals surface area contributed by atoms with Gasteiger partial charge in [-0.25, -0.2) is 9.59 Å². The fourth-order valence-corrected chi connectivity index (χ4v) is 1.52. The van der Waals surface area contributed by atoms with Gasteiger partial charge in [-0.1, -0.05) is 0 Å². The average Bonchev–Trinajstić information content (AvgIpc) is 2.50. The predicted octanol–water partition coefficient (Wildman–Crippen LogP) is 0.854. The van der Waals surface area contributed by atoms with E-state index in [0.717, 1.165) is 12.2 Å². The van der Waals surface area contributed by atoms with Crippen molar-refractivity contribution in [3.05, 3.63) is 42.5 Å². The van der Waals surface area contributed by atoms with Crippen LogP contribution in [0.4, 0.5) is 11.4 Å². The van der Waals surface area contributed by atoms with Gasteiger partial charge in [0.15, 0.2) is 0 Å². The SMILES string of the molecule is COc1cc(NC(=O)C=CC(=O)O)cc(NC(=O)C=CC(=O)O)c1. The molecule has 0 atom stereocenters. The number of aliphatic carboxylic acids is 2. The van der Waals surface area contributed by atoms with Crippen molar-refractivity contribution in [3.63, 3.8) is 0 Å². The Morgan fingerprint density at radius 1 is 0.833 bits per heavy atom. The minimum absolute atomic E-state index is 0.243. The van der Waals surface area contributed by atoms with E-state index in [1.54, 1.807) is 0 Å². The zero-order valence-electron chi connectivity index (χ0n) is 12.5. The predicted molar refractivity (Wildman–Crippen MR) is 83.8 cm³/mol. The lowest BCUT2D eigenvalue weighted by atomic mass is 10.2. The Morgan fingerprint density at radius 3 is 1.58 bits per heavy atom. The number of nitrogens with one attached hydrogen (secondary N) is 2. The molecule has 0 saturated heterocycles. The minimum Gasteiger partial charge on any atom is -0.497 e. The number of carboxylic acids is 2. The van der Waals surface area contributed by atoms with Gasteiger partial charge in [-0.3, -0.25) is 9.59 Å². The Kier molecular flexibility index (Phi) is 6.71. The van der Waals surface area contributed by atoms with Crippen LogP contribution in [0.25, 0.3) is 0 Å². The molecule has 0 aliphatic carbocycles. The van der Waals surface area contributed by atoms with E-state index in [9.17, 15) is 19.2 Å². The zero-order chi connectivity index (χ0) is 18.1. The first-order chi connectivity index (χ1) is 11.3. The number of hydrogen-bond donors (Lipinski definition) is 4. The van der Waals surface area contributed by atoms with Crippen LogP contribution in [-0.2, 0) is 19.2 Å². The number of rotatable bonds is 7. The van der Waals surface area contributed by atoms with Crippen LogP contribution >= 0.6 is 0 Å². The molecule has 4 N–H and O–H groups in total. The normalized spacial score (nSPS) is 10.5. The lowest BCUT2D eigenvalue weighted by molar-refractivity contribution is -0.132. The molecule has 0 aliphatic rings.